The first-order valence-corrected chi connectivity index (χ1v) is 9.25. The maximum absolute atomic E-state index is 12.8. The molecule has 7 nitrogen and oxygen atoms in total. The van der Waals surface area contributed by atoms with E-state index in [0.29, 0.717) is 6.61 Å². The van der Waals surface area contributed by atoms with Crippen molar-refractivity contribution in [1.82, 2.24) is 0 Å². The van der Waals surface area contributed by atoms with Gasteiger partial charge in [0.15, 0.2) is 0 Å². The van der Waals surface area contributed by atoms with Crippen LogP contribution in [-0.4, -0.2) is 37.9 Å². The van der Waals surface area contributed by atoms with Crippen LogP contribution in [0.15, 0.2) is 24.3 Å². The van der Waals surface area contributed by atoms with Crippen LogP contribution in [0.25, 0.3) is 0 Å². The van der Waals surface area contributed by atoms with Crippen LogP contribution in [0.5, 0.6) is 5.75 Å². The Bertz CT molecular complexity index is 690. The summed E-state index contributed by atoms with van der Waals surface area (Å²) in [5, 5.41) is 0. The van der Waals surface area contributed by atoms with Crippen molar-refractivity contribution < 1.29 is 33.4 Å². The average molecular weight is 392 g/mol. The molecule has 0 radical (unpaired) electrons. The van der Waals surface area contributed by atoms with E-state index in [0.717, 1.165) is 11.3 Å². The van der Waals surface area contributed by atoms with E-state index in [1.165, 1.54) is 7.11 Å². The molecule has 7 heteroatoms. The summed E-state index contributed by atoms with van der Waals surface area (Å²) in [5.41, 5.74) is 0.960. The number of hydrogen-bond acceptors (Lipinski definition) is 7. The van der Waals surface area contributed by atoms with Crippen LogP contribution < -0.4 is 4.74 Å². The number of ether oxygens (including phenoxy) is 3. The Morgan fingerprint density at radius 2 is 1.79 bits per heavy atom. The fraction of sp³-hybridized carbons (Fsp3) is 0.571. The predicted octanol–water partition coefficient (Wildman–Crippen LogP) is 2.98. The molecular weight excluding hydrogens is 364 g/mol. The Hall–Kier alpha value is -2.66. The van der Waals surface area contributed by atoms with Gasteiger partial charge in [-0.15, -0.1) is 0 Å². The molecule has 1 aromatic rings. The van der Waals surface area contributed by atoms with Crippen LogP contribution in [0.4, 0.5) is 0 Å². The van der Waals surface area contributed by atoms with Crippen molar-refractivity contribution in [3.8, 4) is 5.75 Å². The van der Waals surface area contributed by atoms with Crippen LogP contribution in [0, 0.1) is 17.8 Å². The lowest BCUT2D eigenvalue weighted by atomic mass is 9.70. The zero-order valence-corrected chi connectivity index (χ0v) is 17.0. The van der Waals surface area contributed by atoms with Gasteiger partial charge in [-0.05, 0) is 31.4 Å². The Morgan fingerprint density at radius 3 is 2.32 bits per heavy atom. The Kier molecular flexibility index (Phi) is 9.39. The average Bonchev–Trinajstić information content (AvgIpc) is 2.63. The van der Waals surface area contributed by atoms with E-state index in [2.05, 4.69) is 0 Å². The van der Waals surface area contributed by atoms with E-state index in [9.17, 15) is 9.59 Å². The number of carbonyl (C=O) groups excluding carboxylic acids is 4. The van der Waals surface area contributed by atoms with Crippen LogP contribution in [0.2, 0.25) is 0 Å². The van der Waals surface area contributed by atoms with Gasteiger partial charge in [-0.3, -0.25) is 9.59 Å². The normalized spacial score (nSPS) is 18.7. The van der Waals surface area contributed by atoms with Crippen molar-refractivity contribution in [1.29, 1.82) is 0 Å². The standard InChI is InChI=1S/C20H28O5.CO2/c1-12(2)18(20(22)25-13(3)4)19-14(10-17(21)23-5)11-24-16-9-7-6-8-15(16)19;2-1-3/h6-9,12-14,18-19H,10-11H2,1-5H3;. The van der Waals surface area contributed by atoms with Gasteiger partial charge in [-0.1, -0.05) is 32.0 Å². The van der Waals surface area contributed by atoms with Crippen LogP contribution in [0.1, 0.15) is 45.6 Å². The third-order valence-electron chi connectivity index (χ3n) is 4.62. The highest BCUT2D eigenvalue weighted by molar-refractivity contribution is 5.75. The second-order valence-corrected chi connectivity index (χ2v) is 7.25. The molecule has 3 unspecified atom stereocenters. The number of hydrogen-bond donors (Lipinski definition) is 0. The monoisotopic (exact) mass is 392 g/mol. The molecule has 1 aromatic carbocycles. The molecular formula is C21H28O7. The molecule has 0 spiro atoms. The summed E-state index contributed by atoms with van der Waals surface area (Å²) in [6.45, 7) is 8.10. The third kappa shape index (κ3) is 6.20. The molecule has 3 atom stereocenters. The Balaban J connectivity index is 0.00000122. The van der Waals surface area contributed by atoms with E-state index < -0.39 is 0 Å². The number of para-hydroxylation sites is 1. The smallest absolute Gasteiger partial charge is 0.373 e. The third-order valence-corrected chi connectivity index (χ3v) is 4.62. The molecule has 1 heterocycles. The molecule has 0 aromatic heterocycles. The molecule has 0 fully saturated rings. The second-order valence-electron chi connectivity index (χ2n) is 7.25. The highest BCUT2D eigenvalue weighted by atomic mass is 16.5. The SMILES string of the molecule is COC(=O)CC1COc2ccccc2C1C(C(=O)OC(C)C)C(C)C.O=C=O. The van der Waals surface area contributed by atoms with Gasteiger partial charge in [-0.25, -0.2) is 0 Å². The summed E-state index contributed by atoms with van der Waals surface area (Å²) >= 11 is 0. The van der Waals surface area contributed by atoms with Crippen LogP contribution in [0.3, 0.4) is 0 Å². The quantitative estimate of drug-likeness (QED) is 0.687. The van der Waals surface area contributed by atoms with E-state index >= 15 is 0 Å². The fourth-order valence-corrected chi connectivity index (χ4v) is 3.56. The highest BCUT2D eigenvalue weighted by Gasteiger charge is 2.43. The molecule has 0 amide bonds. The summed E-state index contributed by atoms with van der Waals surface area (Å²) in [5.74, 6) is -0.287. The number of fused-ring (bicyclic) bond motifs is 1. The minimum Gasteiger partial charge on any atom is -0.493 e. The molecule has 2 rings (SSSR count). The van der Waals surface area contributed by atoms with E-state index in [-0.39, 0.29) is 54.3 Å². The second kappa shape index (κ2) is 11.2. The Morgan fingerprint density at radius 1 is 1.18 bits per heavy atom. The molecule has 154 valence electrons. The lowest BCUT2D eigenvalue weighted by Gasteiger charge is -2.38. The van der Waals surface area contributed by atoms with Crippen LogP contribution >= 0.6 is 0 Å². The van der Waals surface area contributed by atoms with Crippen molar-refractivity contribution >= 4 is 18.1 Å². The van der Waals surface area contributed by atoms with E-state index in [4.69, 9.17) is 23.8 Å². The molecule has 28 heavy (non-hydrogen) atoms. The largest absolute Gasteiger partial charge is 0.493 e. The van der Waals surface area contributed by atoms with Crippen LogP contribution in [-0.2, 0) is 28.7 Å². The predicted molar refractivity (Wildman–Crippen MR) is 99.4 cm³/mol. The van der Waals surface area contributed by atoms with Gasteiger partial charge < -0.3 is 14.2 Å². The fourth-order valence-electron chi connectivity index (χ4n) is 3.56. The van der Waals surface area contributed by atoms with Gasteiger partial charge in [-0.2, -0.15) is 9.59 Å². The van der Waals surface area contributed by atoms with E-state index in [1.54, 1.807) is 0 Å². The van der Waals surface area contributed by atoms with Gasteiger partial charge in [0.25, 0.3) is 0 Å². The minimum absolute atomic E-state index is 0.0718. The lowest BCUT2D eigenvalue weighted by Crippen LogP contribution is -2.39. The van der Waals surface area contributed by atoms with Crippen molar-refractivity contribution in [2.24, 2.45) is 17.8 Å². The minimum atomic E-state index is -0.345. The first-order valence-electron chi connectivity index (χ1n) is 9.25. The number of rotatable bonds is 6. The maximum atomic E-state index is 12.8. The van der Waals surface area contributed by atoms with Crippen molar-refractivity contribution in [2.75, 3.05) is 13.7 Å². The number of methoxy groups -OCH3 is 1. The van der Waals surface area contributed by atoms with Crippen molar-refractivity contribution in [2.45, 2.75) is 46.1 Å². The number of benzene rings is 1. The van der Waals surface area contributed by atoms with Crippen molar-refractivity contribution in [3.63, 3.8) is 0 Å². The topological polar surface area (TPSA) is 96.0 Å². The molecule has 0 saturated carbocycles. The first kappa shape index (κ1) is 23.4. The summed E-state index contributed by atoms with van der Waals surface area (Å²) in [6, 6.07) is 7.72. The van der Waals surface area contributed by atoms with Crippen molar-refractivity contribution in [3.05, 3.63) is 29.8 Å². The van der Waals surface area contributed by atoms with E-state index in [1.807, 2.05) is 52.0 Å². The zero-order valence-electron chi connectivity index (χ0n) is 17.0. The number of carbonyl (C=O) groups is 2. The molecule has 1 aliphatic rings. The molecule has 0 saturated heterocycles. The molecule has 0 bridgehead atoms. The summed E-state index contributed by atoms with van der Waals surface area (Å²) in [7, 11) is 1.38. The first-order chi connectivity index (χ1) is 13.3. The molecule has 0 N–H and O–H groups in total. The highest BCUT2D eigenvalue weighted by Crippen LogP contribution is 2.45. The summed E-state index contributed by atoms with van der Waals surface area (Å²) in [4.78, 5) is 41.0. The molecule has 0 aliphatic carbocycles. The summed E-state index contributed by atoms with van der Waals surface area (Å²) < 4.78 is 16.2. The van der Waals surface area contributed by atoms with Gasteiger partial charge >= 0.3 is 18.1 Å². The lowest BCUT2D eigenvalue weighted by molar-refractivity contribution is -0.191. The van der Waals surface area contributed by atoms with Gasteiger partial charge in [0.2, 0.25) is 0 Å². The molecule has 1 aliphatic heterocycles. The summed E-state index contributed by atoms with van der Waals surface area (Å²) in [6.07, 6.45) is 0.288. The van der Waals surface area contributed by atoms with Gasteiger partial charge in [0.1, 0.15) is 5.75 Å². The Labute approximate surface area is 165 Å². The maximum Gasteiger partial charge on any atom is 0.373 e. The number of esters is 2. The van der Waals surface area contributed by atoms with Gasteiger partial charge in [0.05, 0.1) is 32.2 Å². The zero-order chi connectivity index (χ0) is 21.3. The van der Waals surface area contributed by atoms with Gasteiger partial charge in [0, 0.05) is 11.8 Å².